The third-order valence-corrected chi connectivity index (χ3v) is 6.33. The Labute approximate surface area is 156 Å². The summed E-state index contributed by atoms with van der Waals surface area (Å²) in [6, 6.07) is 15.2. The fourth-order valence-corrected chi connectivity index (χ4v) is 4.32. The molecule has 3 rings (SSSR count). The van der Waals surface area contributed by atoms with Crippen LogP contribution in [0.1, 0.15) is 16.1 Å². The Bertz CT molecular complexity index is 955. The van der Waals surface area contributed by atoms with Crippen LogP contribution in [0.4, 0.5) is 5.69 Å². The van der Waals surface area contributed by atoms with Gasteiger partial charge in [-0.2, -0.15) is 0 Å². The van der Waals surface area contributed by atoms with Gasteiger partial charge in [-0.3, -0.25) is 14.5 Å². The van der Waals surface area contributed by atoms with E-state index in [2.05, 4.69) is 15.0 Å². The molecular formula is C18H17N3O3S2. The molecule has 0 fully saturated rings. The smallest absolute Gasteiger partial charge is 0.271 e. The van der Waals surface area contributed by atoms with Gasteiger partial charge in [0, 0.05) is 36.1 Å². The number of carbonyl (C=O) groups is 1. The molecule has 1 amide bonds. The highest BCUT2D eigenvalue weighted by molar-refractivity contribution is 7.94. The minimum atomic E-state index is -3.59. The molecule has 0 bridgehead atoms. The molecule has 6 nitrogen and oxygen atoms in total. The predicted octanol–water partition coefficient (Wildman–Crippen LogP) is 2.92. The summed E-state index contributed by atoms with van der Waals surface area (Å²) >= 11 is 1.14. The SMILES string of the molecule is O=C(NCCc1ccccn1)c1ccc(NS(=O)(=O)c2cccs2)cc1. The number of hydrogen-bond acceptors (Lipinski definition) is 5. The van der Waals surface area contributed by atoms with E-state index in [9.17, 15) is 13.2 Å². The van der Waals surface area contributed by atoms with Crippen molar-refractivity contribution in [1.82, 2.24) is 10.3 Å². The molecule has 0 saturated heterocycles. The number of carbonyl (C=O) groups excluding carboxylic acids is 1. The molecule has 0 unspecified atom stereocenters. The topological polar surface area (TPSA) is 88.2 Å². The van der Waals surface area contributed by atoms with Gasteiger partial charge < -0.3 is 5.32 Å². The van der Waals surface area contributed by atoms with Crippen molar-refractivity contribution in [2.24, 2.45) is 0 Å². The van der Waals surface area contributed by atoms with Gasteiger partial charge in [0.2, 0.25) is 0 Å². The van der Waals surface area contributed by atoms with E-state index in [1.54, 1.807) is 41.9 Å². The van der Waals surface area contributed by atoms with Crippen LogP contribution in [0.5, 0.6) is 0 Å². The van der Waals surface area contributed by atoms with Gasteiger partial charge in [-0.25, -0.2) is 8.42 Å². The number of anilines is 1. The second kappa shape index (κ2) is 8.11. The molecule has 0 saturated carbocycles. The van der Waals surface area contributed by atoms with Crippen LogP contribution >= 0.6 is 11.3 Å². The summed E-state index contributed by atoms with van der Waals surface area (Å²) in [6.45, 7) is 0.475. The van der Waals surface area contributed by atoms with Crippen LogP contribution in [0.2, 0.25) is 0 Å². The Balaban J connectivity index is 1.56. The summed E-state index contributed by atoms with van der Waals surface area (Å²) in [6.07, 6.45) is 2.36. The van der Waals surface area contributed by atoms with Crippen LogP contribution in [-0.4, -0.2) is 25.9 Å². The molecule has 0 aliphatic rings. The quantitative estimate of drug-likeness (QED) is 0.652. The first-order valence-electron chi connectivity index (χ1n) is 7.89. The lowest BCUT2D eigenvalue weighted by Crippen LogP contribution is -2.25. The largest absolute Gasteiger partial charge is 0.352 e. The first-order valence-corrected chi connectivity index (χ1v) is 10.3. The second-order valence-corrected chi connectivity index (χ2v) is 8.30. The first-order chi connectivity index (χ1) is 12.5. The molecule has 2 N–H and O–H groups in total. The van der Waals surface area contributed by atoms with Crippen molar-refractivity contribution in [3.05, 3.63) is 77.4 Å². The van der Waals surface area contributed by atoms with Crippen LogP contribution in [0, 0.1) is 0 Å². The molecular weight excluding hydrogens is 370 g/mol. The van der Waals surface area contributed by atoms with E-state index in [0.717, 1.165) is 17.0 Å². The average molecular weight is 387 g/mol. The van der Waals surface area contributed by atoms with Crippen molar-refractivity contribution >= 4 is 33.0 Å². The Morgan fingerprint density at radius 3 is 2.50 bits per heavy atom. The number of pyridine rings is 1. The zero-order valence-corrected chi connectivity index (χ0v) is 15.4. The van der Waals surface area contributed by atoms with Crippen molar-refractivity contribution in [1.29, 1.82) is 0 Å². The standard InChI is InChI=1S/C18H17N3O3S2/c22-18(20-12-10-15-4-1-2-11-19-15)14-6-8-16(9-7-14)21-26(23,24)17-5-3-13-25-17/h1-9,11,13,21H,10,12H2,(H,20,22). The van der Waals surface area contributed by atoms with E-state index in [1.807, 2.05) is 18.2 Å². The number of thiophene rings is 1. The maximum atomic E-state index is 12.2. The lowest BCUT2D eigenvalue weighted by atomic mass is 10.2. The maximum absolute atomic E-state index is 12.2. The van der Waals surface area contributed by atoms with E-state index in [1.165, 1.54) is 6.07 Å². The Morgan fingerprint density at radius 2 is 1.85 bits per heavy atom. The lowest BCUT2D eigenvalue weighted by molar-refractivity contribution is 0.0954. The molecule has 2 aromatic heterocycles. The monoisotopic (exact) mass is 387 g/mol. The number of nitrogens with one attached hydrogen (secondary N) is 2. The van der Waals surface area contributed by atoms with Gasteiger partial charge in [0.1, 0.15) is 4.21 Å². The zero-order valence-electron chi connectivity index (χ0n) is 13.8. The molecule has 1 aromatic carbocycles. The van der Waals surface area contributed by atoms with Crippen LogP contribution in [0.3, 0.4) is 0 Å². The molecule has 8 heteroatoms. The minimum absolute atomic E-state index is 0.214. The molecule has 0 radical (unpaired) electrons. The summed E-state index contributed by atoms with van der Waals surface area (Å²) in [5, 5.41) is 4.52. The van der Waals surface area contributed by atoms with Gasteiger partial charge in [0.25, 0.3) is 15.9 Å². The number of benzene rings is 1. The van der Waals surface area contributed by atoms with Gasteiger partial charge >= 0.3 is 0 Å². The number of aromatic nitrogens is 1. The normalized spacial score (nSPS) is 11.1. The van der Waals surface area contributed by atoms with Crippen LogP contribution in [0.25, 0.3) is 0 Å². The van der Waals surface area contributed by atoms with Crippen molar-refractivity contribution in [2.75, 3.05) is 11.3 Å². The van der Waals surface area contributed by atoms with E-state index in [4.69, 9.17) is 0 Å². The van der Waals surface area contributed by atoms with Crippen LogP contribution in [-0.2, 0) is 16.4 Å². The number of rotatable bonds is 7. The maximum Gasteiger partial charge on any atom is 0.271 e. The van der Waals surface area contributed by atoms with Crippen molar-refractivity contribution < 1.29 is 13.2 Å². The second-order valence-electron chi connectivity index (χ2n) is 5.44. The highest BCUT2D eigenvalue weighted by atomic mass is 32.2. The predicted molar refractivity (Wildman–Crippen MR) is 102 cm³/mol. The summed E-state index contributed by atoms with van der Waals surface area (Å²) in [7, 11) is -3.59. The van der Waals surface area contributed by atoms with Gasteiger partial charge in [0.15, 0.2) is 0 Å². The highest BCUT2D eigenvalue weighted by Crippen LogP contribution is 2.20. The molecule has 134 valence electrons. The molecule has 0 spiro atoms. The number of amides is 1. The van der Waals surface area contributed by atoms with Gasteiger partial charge in [-0.1, -0.05) is 12.1 Å². The van der Waals surface area contributed by atoms with Crippen molar-refractivity contribution in [3.8, 4) is 0 Å². The van der Waals surface area contributed by atoms with Gasteiger partial charge in [0.05, 0.1) is 0 Å². The van der Waals surface area contributed by atoms with E-state index < -0.39 is 10.0 Å². The summed E-state index contributed by atoms with van der Waals surface area (Å²) in [5.74, 6) is -0.214. The first kappa shape index (κ1) is 18.1. The number of hydrogen-bond donors (Lipinski definition) is 2. The van der Waals surface area contributed by atoms with E-state index in [-0.39, 0.29) is 10.1 Å². The molecule has 0 atom stereocenters. The number of nitrogens with zero attached hydrogens (tertiary/aromatic N) is 1. The highest BCUT2D eigenvalue weighted by Gasteiger charge is 2.15. The Morgan fingerprint density at radius 1 is 1.04 bits per heavy atom. The lowest BCUT2D eigenvalue weighted by Gasteiger charge is -2.08. The summed E-state index contributed by atoms with van der Waals surface area (Å²) in [4.78, 5) is 16.3. The van der Waals surface area contributed by atoms with Crippen LogP contribution in [0.15, 0.2) is 70.4 Å². The minimum Gasteiger partial charge on any atom is -0.352 e. The molecule has 26 heavy (non-hydrogen) atoms. The third kappa shape index (κ3) is 4.68. The zero-order chi connectivity index (χ0) is 18.4. The number of sulfonamides is 1. The van der Waals surface area contributed by atoms with Gasteiger partial charge in [-0.05, 0) is 47.8 Å². The Kier molecular flexibility index (Phi) is 5.65. The summed E-state index contributed by atoms with van der Waals surface area (Å²) in [5.41, 5.74) is 1.78. The molecule has 0 aliphatic carbocycles. The molecule has 0 aliphatic heterocycles. The molecule has 2 heterocycles. The fraction of sp³-hybridized carbons (Fsp3) is 0.111. The third-order valence-electron chi connectivity index (χ3n) is 3.55. The molecule has 3 aromatic rings. The van der Waals surface area contributed by atoms with Crippen molar-refractivity contribution in [3.63, 3.8) is 0 Å². The Hall–Kier alpha value is -2.71. The summed E-state index contributed by atoms with van der Waals surface area (Å²) < 4.78 is 27.1. The van der Waals surface area contributed by atoms with Crippen molar-refractivity contribution in [2.45, 2.75) is 10.6 Å². The van der Waals surface area contributed by atoms with E-state index >= 15 is 0 Å². The van der Waals surface area contributed by atoms with Crippen LogP contribution < -0.4 is 10.0 Å². The fourth-order valence-electron chi connectivity index (χ4n) is 2.26. The average Bonchev–Trinajstić information content (AvgIpc) is 3.19. The van der Waals surface area contributed by atoms with Gasteiger partial charge in [-0.15, -0.1) is 11.3 Å². The van der Waals surface area contributed by atoms with E-state index in [0.29, 0.717) is 24.2 Å².